The molecule has 0 atom stereocenters. The quantitative estimate of drug-likeness (QED) is 0.476. The maximum atomic E-state index is 5.99. The summed E-state index contributed by atoms with van der Waals surface area (Å²) >= 11 is 0. The minimum atomic E-state index is 0.144. The third-order valence-corrected chi connectivity index (χ3v) is 4.28. The summed E-state index contributed by atoms with van der Waals surface area (Å²) in [4.78, 5) is 0. The highest BCUT2D eigenvalue weighted by molar-refractivity contribution is 5.54. The summed E-state index contributed by atoms with van der Waals surface area (Å²) in [5, 5.41) is 0. The SMILES string of the molecule is CO/C=C\C=C(/C)C(c1ccc(N)c(C)c1)c1ccc(N)c(C)c1. The first-order chi connectivity index (χ1) is 11.4. The number of allylic oxidation sites excluding steroid dienone is 3. The van der Waals surface area contributed by atoms with Gasteiger partial charge in [-0.3, -0.25) is 0 Å². The molecule has 24 heavy (non-hydrogen) atoms. The van der Waals surface area contributed by atoms with Gasteiger partial charge in [-0.25, -0.2) is 0 Å². The number of ether oxygens (including phenoxy) is 1. The Morgan fingerprint density at radius 3 is 1.88 bits per heavy atom. The molecule has 0 radical (unpaired) electrons. The van der Waals surface area contributed by atoms with Gasteiger partial charge in [0.2, 0.25) is 0 Å². The van der Waals surface area contributed by atoms with Crippen LogP contribution in [0.4, 0.5) is 11.4 Å². The zero-order chi connectivity index (χ0) is 17.7. The number of benzene rings is 2. The van der Waals surface area contributed by atoms with Crippen molar-refractivity contribution >= 4 is 11.4 Å². The van der Waals surface area contributed by atoms with Crippen molar-refractivity contribution in [2.75, 3.05) is 18.6 Å². The smallest absolute Gasteiger partial charge is 0.0824 e. The van der Waals surface area contributed by atoms with E-state index in [1.165, 1.54) is 16.7 Å². The van der Waals surface area contributed by atoms with Gasteiger partial charge in [-0.2, -0.15) is 0 Å². The third-order valence-electron chi connectivity index (χ3n) is 4.28. The molecule has 0 heterocycles. The fraction of sp³-hybridized carbons (Fsp3) is 0.238. The number of rotatable bonds is 5. The Balaban J connectivity index is 2.55. The first-order valence-corrected chi connectivity index (χ1v) is 8.02. The minimum Gasteiger partial charge on any atom is -0.504 e. The van der Waals surface area contributed by atoms with Crippen LogP contribution in [0.1, 0.15) is 35.1 Å². The molecule has 0 saturated carbocycles. The number of anilines is 2. The van der Waals surface area contributed by atoms with Crippen molar-refractivity contribution in [3.8, 4) is 0 Å². The third kappa shape index (κ3) is 3.99. The van der Waals surface area contributed by atoms with Crippen LogP contribution in [0.25, 0.3) is 0 Å². The van der Waals surface area contributed by atoms with Gasteiger partial charge in [-0.05, 0) is 61.2 Å². The molecule has 126 valence electrons. The Kier molecular flexibility index (Phi) is 5.69. The second kappa shape index (κ2) is 7.73. The molecule has 0 aromatic heterocycles. The molecule has 2 aromatic rings. The lowest BCUT2D eigenvalue weighted by molar-refractivity contribution is 0.338. The maximum absolute atomic E-state index is 5.99. The lowest BCUT2D eigenvalue weighted by atomic mass is 9.84. The highest BCUT2D eigenvalue weighted by atomic mass is 16.5. The molecule has 0 aliphatic rings. The van der Waals surface area contributed by atoms with Crippen LogP contribution >= 0.6 is 0 Å². The highest BCUT2D eigenvalue weighted by Gasteiger charge is 2.17. The summed E-state index contributed by atoms with van der Waals surface area (Å²) in [6, 6.07) is 12.4. The molecule has 0 amide bonds. The van der Waals surface area contributed by atoms with Crippen LogP contribution in [0.5, 0.6) is 0 Å². The molecule has 0 aliphatic carbocycles. The fourth-order valence-corrected chi connectivity index (χ4v) is 2.84. The number of nitrogens with two attached hydrogens (primary N) is 2. The zero-order valence-corrected chi connectivity index (χ0v) is 14.8. The van der Waals surface area contributed by atoms with Crippen LogP contribution in [-0.4, -0.2) is 7.11 Å². The van der Waals surface area contributed by atoms with E-state index in [-0.39, 0.29) is 5.92 Å². The van der Waals surface area contributed by atoms with Gasteiger partial charge in [0.15, 0.2) is 0 Å². The van der Waals surface area contributed by atoms with E-state index in [0.717, 1.165) is 22.5 Å². The second-order valence-corrected chi connectivity index (χ2v) is 6.14. The van der Waals surface area contributed by atoms with Gasteiger partial charge in [0.1, 0.15) is 0 Å². The molecular weight excluding hydrogens is 296 g/mol. The number of aryl methyl sites for hydroxylation is 2. The average molecular weight is 322 g/mol. The van der Waals surface area contributed by atoms with Crippen LogP contribution in [0.2, 0.25) is 0 Å². The fourth-order valence-electron chi connectivity index (χ4n) is 2.84. The topological polar surface area (TPSA) is 61.3 Å². The molecule has 0 aliphatic heterocycles. The monoisotopic (exact) mass is 322 g/mol. The van der Waals surface area contributed by atoms with Crippen molar-refractivity contribution in [3.63, 3.8) is 0 Å². The summed E-state index contributed by atoms with van der Waals surface area (Å²) in [5.74, 6) is 0.144. The summed E-state index contributed by atoms with van der Waals surface area (Å²) < 4.78 is 4.99. The van der Waals surface area contributed by atoms with Crippen molar-refractivity contribution < 1.29 is 4.74 Å². The summed E-state index contributed by atoms with van der Waals surface area (Å²) in [5.41, 5.74) is 19.4. The first-order valence-electron chi connectivity index (χ1n) is 8.02. The number of hydrogen-bond acceptors (Lipinski definition) is 3. The van der Waals surface area contributed by atoms with Gasteiger partial charge in [0.25, 0.3) is 0 Å². The molecule has 3 heteroatoms. The predicted octanol–water partition coefficient (Wildman–Crippen LogP) is 4.71. The Morgan fingerprint density at radius 1 is 0.958 bits per heavy atom. The van der Waals surface area contributed by atoms with Gasteiger partial charge in [-0.15, -0.1) is 0 Å². The van der Waals surface area contributed by atoms with Crippen LogP contribution in [-0.2, 0) is 4.74 Å². The van der Waals surface area contributed by atoms with Gasteiger partial charge >= 0.3 is 0 Å². The van der Waals surface area contributed by atoms with Gasteiger partial charge in [-0.1, -0.05) is 35.9 Å². The summed E-state index contributed by atoms with van der Waals surface area (Å²) in [7, 11) is 1.64. The van der Waals surface area contributed by atoms with E-state index >= 15 is 0 Å². The molecule has 3 nitrogen and oxygen atoms in total. The normalized spacial score (nSPS) is 12.1. The molecule has 0 unspecified atom stereocenters. The molecule has 0 fully saturated rings. The average Bonchev–Trinajstić information content (AvgIpc) is 2.55. The first kappa shape index (κ1) is 17.7. The molecule has 0 spiro atoms. The maximum Gasteiger partial charge on any atom is 0.0824 e. The molecule has 0 bridgehead atoms. The predicted molar refractivity (Wildman–Crippen MR) is 103 cm³/mol. The van der Waals surface area contributed by atoms with E-state index in [4.69, 9.17) is 16.2 Å². The number of nitrogen functional groups attached to an aromatic ring is 2. The Morgan fingerprint density at radius 2 is 1.46 bits per heavy atom. The van der Waals surface area contributed by atoms with Crippen LogP contribution < -0.4 is 11.5 Å². The second-order valence-electron chi connectivity index (χ2n) is 6.14. The van der Waals surface area contributed by atoms with Crippen LogP contribution in [0.15, 0.2) is 60.4 Å². The summed E-state index contributed by atoms with van der Waals surface area (Å²) in [6.45, 7) is 6.20. The van der Waals surface area contributed by atoms with Crippen molar-refractivity contribution in [1.29, 1.82) is 0 Å². The molecular formula is C21H26N2O. The van der Waals surface area contributed by atoms with E-state index in [2.05, 4.69) is 37.3 Å². The lowest BCUT2D eigenvalue weighted by Gasteiger charge is -2.21. The van der Waals surface area contributed by atoms with Crippen molar-refractivity contribution in [1.82, 2.24) is 0 Å². The largest absolute Gasteiger partial charge is 0.504 e. The lowest BCUT2D eigenvalue weighted by Crippen LogP contribution is -2.05. The van der Waals surface area contributed by atoms with E-state index < -0.39 is 0 Å². The number of hydrogen-bond donors (Lipinski definition) is 2. The molecule has 2 rings (SSSR count). The van der Waals surface area contributed by atoms with Crippen LogP contribution in [0, 0.1) is 13.8 Å². The van der Waals surface area contributed by atoms with Crippen molar-refractivity contribution in [3.05, 3.63) is 82.6 Å². The molecule has 0 saturated heterocycles. The van der Waals surface area contributed by atoms with E-state index in [1.54, 1.807) is 13.4 Å². The molecule has 4 N–H and O–H groups in total. The Hall–Kier alpha value is -2.68. The van der Waals surface area contributed by atoms with Gasteiger partial charge in [0, 0.05) is 17.3 Å². The minimum absolute atomic E-state index is 0.144. The number of methoxy groups -OCH3 is 1. The highest BCUT2D eigenvalue weighted by Crippen LogP contribution is 2.34. The van der Waals surface area contributed by atoms with Gasteiger partial charge < -0.3 is 16.2 Å². The van der Waals surface area contributed by atoms with Crippen LogP contribution in [0.3, 0.4) is 0 Å². The van der Waals surface area contributed by atoms with E-state index in [9.17, 15) is 0 Å². The molecule has 2 aromatic carbocycles. The zero-order valence-electron chi connectivity index (χ0n) is 14.8. The van der Waals surface area contributed by atoms with E-state index in [0.29, 0.717) is 0 Å². The van der Waals surface area contributed by atoms with Crippen molar-refractivity contribution in [2.24, 2.45) is 0 Å². The Bertz CT molecular complexity index is 724. The van der Waals surface area contributed by atoms with Crippen molar-refractivity contribution in [2.45, 2.75) is 26.7 Å². The summed E-state index contributed by atoms with van der Waals surface area (Å²) in [6.07, 6.45) is 5.66. The van der Waals surface area contributed by atoms with Gasteiger partial charge in [0.05, 0.1) is 13.4 Å². The Labute approximate surface area is 144 Å². The van der Waals surface area contributed by atoms with E-state index in [1.807, 2.05) is 32.1 Å². The standard InChI is InChI=1S/C21H26N2O/c1-14(6-5-11-24-4)21(17-7-9-19(22)15(2)12-17)18-8-10-20(23)16(3)13-18/h5-13,21H,22-23H2,1-4H3/b11-5-,14-6+.